The lowest BCUT2D eigenvalue weighted by Crippen LogP contribution is -2.54. The van der Waals surface area contributed by atoms with Crippen molar-refractivity contribution in [2.45, 2.75) is 38.9 Å². The minimum Gasteiger partial charge on any atom is -0.477 e. The smallest absolute Gasteiger partial charge is 0.422 e. The molecule has 0 aliphatic carbocycles. The Morgan fingerprint density at radius 3 is 2.35 bits per heavy atom. The molecule has 2 aliphatic heterocycles. The number of rotatable bonds is 7. The van der Waals surface area contributed by atoms with E-state index in [0.29, 0.717) is 50.4 Å². The predicted molar refractivity (Wildman–Crippen MR) is 119 cm³/mol. The second-order valence-electron chi connectivity index (χ2n) is 9.02. The molecule has 1 amide bonds. The van der Waals surface area contributed by atoms with Crippen molar-refractivity contribution in [2.75, 3.05) is 57.4 Å². The standard InChI is InChI=1S/C22H31F3N4O5/c1-16(2)14-33-21(30)28-11-9-27(10-12-28)17-5-7-26(8-6-17)18-3-4-19(29(31)32)20(13-18)34-15-22(23,24)25/h3-4,13,16-17H,5-12,14-15H2,1-2H3. The van der Waals surface area contributed by atoms with Crippen LogP contribution in [0, 0.1) is 16.0 Å². The lowest BCUT2D eigenvalue weighted by Gasteiger charge is -2.43. The summed E-state index contributed by atoms with van der Waals surface area (Å²) < 4.78 is 47.7. The van der Waals surface area contributed by atoms with Crippen molar-refractivity contribution in [1.82, 2.24) is 9.80 Å². The molecule has 12 heteroatoms. The SMILES string of the molecule is CC(C)COC(=O)N1CCN(C2CCN(c3ccc([N+](=O)[O-])c(OCC(F)(F)F)c3)CC2)CC1. The maximum absolute atomic E-state index is 12.5. The largest absolute Gasteiger partial charge is 0.477 e. The summed E-state index contributed by atoms with van der Waals surface area (Å²) in [7, 11) is 0. The number of nitro benzene ring substituents is 1. The third-order valence-corrected chi connectivity index (χ3v) is 5.99. The van der Waals surface area contributed by atoms with Crippen molar-refractivity contribution >= 4 is 17.5 Å². The van der Waals surface area contributed by atoms with E-state index in [9.17, 15) is 28.1 Å². The molecule has 0 saturated carbocycles. The fourth-order valence-corrected chi connectivity index (χ4v) is 4.21. The minimum absolute atomic E-state index is 0.273. The number of amides is 1. The lowest BCUT2D eigenvalue weighted by molar-refractivity contribution is -0.386. The highest BCUT2D eigenvalue weighted by molar-refractivity contribution is 5.67. The highest BCUT2D eigenvalue weighted by Gasteiger charge is 2.32. The van der Waals surface area contributed by atoms with E-state index in [-0.39, 0.29) is 11.8 Å². The number of hydrogen-bond acceptors (Lipinski definition) is 7. The third kappa shape index (κ3) is 7.12. The van der Waals surface area contributed by atoms with Gasteiger partial charge < -0.3 is 19.3 Å². The normalized spacial score (nSPS) is 18.3. The van der Waals surface area contributed by atoms with Crippen molar-refractivity contribution in [3.8, 4) is 5.75 Å². The van der Waals surface area contributed by atoms with Gasteiger partial charge in [-0.1, -0.05) is 13.8 Å². The number of anilines is 1. The molecule has 0 spiro atoms. The van der Waals surface area contributed by atoms with Gasteiger partial charge in [0, 0.05) is 63.1 Å². The first-order valence-electron chi connectivity index (χ1n) is 11.4. The second-order valence-corrected chi connectivity index (χ2v) is 9.02. The molecule has 9 nitrogen and oxygen atoms in total. The summed E-state index contributed by atoms with van der Waals surface area (Å²) in [6, 6.07) is 4.38. The summed E-state index contributed by atoms with van der Waals surface area (Å²) in [5, 5.41) is 11.2. The number of alkyl halides is 3. The van der Waals surface area contributed by atoms with Crippen LogP contribution in [0.5, 0.6) is 5.75 Å². The molecule has 0 bridgehead atoms. The number of piperazine rings is 1. The number of nitrogens with zero attached hydrogens (tertiary/aromatic N) is 4. The number of carbonyl (C=O) groups excluding carboxylic acids is 1. The number of benzene rings is 1. The Morgan fingerprint density at radius 1 is 1.15 bits per heavy atom. The van der Waals surface area contributed by atoms with Crippen LogP contribution < -0.4 is 9.64 Å². The molecule has 0 unspecified atom stereocenters. The van der Waals surface area contributed by atoms with Gasteiger partial charge in [-0.2, -0.15) is 13.2 Å². The van der Waals surface area contributed by atoms with Crippen molar-refractivity contribution < 1.29 is 32.4 Å². The Labute approximate surface area is 196 Å². The molecule has 190 valence electrons. The summed E-state index contributed by atoms with van der Waals surface area (Å²) in [6.07, 6.45) is -3.18. The number of hydrogen-bond donors (Lipinski definition) is 0. The zero-order valence-electron chi connectivity index (χ0n) is 19.4. The van der Waals surface area contributed by atoms with E-state index in [1.165, 1.54) is 12.1 Å². The summed E-state index contributed by atoms with van der Waals surface area (Å²) in [6.45, 7) is 6.87. The Balaban J connectivity index is 1.53. The minimum atomic E-state index is -4.59. The lowest BCUT2D eigenvalue weighted by atomic mass is 10.0. The highest BCUT2D eigenvalue weighted by Crippen LogP contribution is 2.34. The molecule has 0 radical (unpaired) electrons. The van der Waals surface area contributed by atoms with Crippen LogP contribution in [0.1, 0.15) is 26.7 Å². The highest BCUT2D eigenvalue weighted by atomic mass is 19.4. The number of nitro groups is 1. The summed E-state index contributed by atoms with van der Waals surface area (Å²) in [5.41, 5.74) is 0.103. The average molecular weight is 489 g/mol. The zero-order valence-corrected chi connectivity index (χ0v) is 19.4. The molecule has 1 aromatic carbocycles. The van der Waals surface area contributed by atoms with Crippen molar-refractivity contribution in [1.29, 1.82) is 0 Å². The molecule has 2 heterocycles. The van der Waals surface area contributed by atoms with Crippen molar-refractivity contribution in [3.63, 3.8) is 0 Å². The van der Waals surface area contributed by atoms with E-state index >= 15 is 0 Å². The Kier molecular flexibility index (Phi) is 8.45. The Bertz CT molecular complexity index is 851. The van der Waals surface area contributed by atoms with Gasteiger partial charge in [-0.05, 0) is 24.8 Å². The Morgan fingerprint density at radius 2 is 1.79 bits per heavy atom. The van der Waals surface area contributed by atoms with Gasteiger partial charge in [0.05, 0.1) is 11.5 Å². The van der Waals surface area contributed by atoms with E-state index < -0.39 is 23.4 Å². The van der Waals surface area contributed by atoms with Gasteiger partial charge in [0.2, 0.25) is 0 Å². The van der Waals surface area contributed by atoms with Crippen LogP contribution in [0.2, 0.25) is 0 Å². The summed E-state index contributed by atoms with van der Waals surface area (Å²) >= 11 is 0. The van der Waals surface area contributed by atoms with E-state index in [1.807, 2.05) is 18.7 Å². The van der Waals surface area contributed by atoms with Gasteiger partial charge in [-0.25, -0.2) is 4.79 Å². The van der Waals surface area contributed by atoms with E-state index in [1.54, 1.807) is 11.0 Å². The molecular weight excluding hydrogens is 457 g/mol. The van der Waals surface area contributed by atoms with Crippen LogP contribution in [0.15, 0.2) is 18.2 Å². The molecule has 0 N–H and O–H groups in total. The molecule has 2 aliphatic rings. The van der Waals surface area contributed by atoms with Crippen molar-refractivity contribution in [3.05, 3.63) is 28.3 Å². The first kappa shape index (κ1) is 25.9. The first-order chi connectivity index (χ1) is 16.0. The first-order valence-corrected chi connectivity index (χ1v) is 11.4. The van der Waals surface area contributed by atoms with Gasteiger partial charge in [-0.3, -0.25) is 15.0 Å². The molecule has 1 aromatic rings. The van der Waals surface area contributed by atoms with Gasteiger partial charge >= 0.3 is 18.0 Å². The van der Waals surface area contributed by atoms with Crippen LogP contribution >= 0.6 is 0 Å². The van der Waals surface area contributed by atoms with Gasteiger partial charge in [0.25, 0.3) is 0 Å². The maximum atomic E-state index is 12.5. The predicted octanol–water partition coefficient (Wildman–Crippen LogP) is 3.91. The average Bonchev–Trinajstić information content (AvgIpc) is 2.80. The van der Waals surface area contributed by atoms with E-state index in [2.05, 4.69) is 4.90 Å². The molecular formula is C22H31F3N4O5. The van der Waals surface area contributed by atoms with Gasteiger partial charge in [0.1, 0.15) is 0 Å². The second kappa shape index (κ2) is 11.1. The zero-order chi connectivity index (χ0) is 24.9. The summed E-state index contributed by atoms with van der Waals surface area (Å²) in [4.78, 5) is 28.7. The van der Waals surface area contributed by atoms with Gasteiger partial charge in [0.15, 0.2) is 12.4 Å². The number of piperidine rings is 1. The van der Waals surface area contributed by atoms with Gasteiger partial charge in [-0.15, -0.1) is 0 Å². The van der Waals surface area contributed by atoms with Crippen molar-refractivity contribution in [2.24, 2.45) is 5.92 Å². The third-order valence-electron chi connectivity index (χ3n) is 5.99. The molecule has 0 aromatic heterocycles. The number of carbonyl (C=O) groups is 1. The van der Waals surface area contributed by atoms with Crippen LogP contribution in [-0.2, 0) is 4.74 Å². The molecule has 34 heavy (non-hydrogen) atoms. The van der Waals surface area contributed by atoms with E-state index in [4.69, 9.17) is 9.47 Å². The fraction of sp³-hybridized carbons (Fsp3) is 0.682. The topological polar surface area (TPSA) is 88.4 Å². The molecule has 2 fully saturated rings. The molecule has 0 atom stereocenters. The quantitative estimate of drug-likeness (QED) is 0.425. The fourth-order valence-electron chi connectivity index (χ4n) is 4.21. The van der Waals surface area contributed by atoms with E-state index in [0.717, 1.165) is 25.9 Å². The van der Waals surface area contributed by atoms with Crippen LogP contribution in [-0.4, -0.2) is 85.5 Å². The number of halogens is 3. The summed E-state index contributed by atoms with van der Waals surface area (Å²) in [5.74, 6) is -0.0964. The molecule has 3 rings (SSSR count). The monoisotopic (exact) mass is 488 g/mol. The molecule has 2 saturated heterocycles. The number of ether oxygens (including phenoxy) is 2. The van der Waals surface area contributed by atoms with Crippen LogP contribution in [0.3, 0.4) is 0 Å². The maximum Gasteiger partial charge on any atom is 0.422 e. The van der Waals surface area contributed by atoms with Crippen LogP contribution in [0.4, 0.5) is 29.3 Å². The van der Waals surface area contributed by atoms with Crippen LogP contribution in [0.25, 0.3) is 0 Å². The Hall–Kier alpha value is -2.76.